The van der Waals surface area contributed by atoms with Crippen molar-refractivity contribution in [2.75, 3.05) is 49.5 Å². The summed E-state index contributed by atoms with van der Waals surface area (Å²) in [4.78, 5) is 26.5. The first-order chi connectivity index (χ1) is 16.4. The number of ether oxygens (including phenoxy) is 2. The van der Waals surface area contributed by atoms with Crippen molar-refractivity contribution in [3.63, 3.8) is 0 Å². The number of amides is 2. The molecule has 9 nitrogen and oxygen atoms in total. The van der Waals surface area contributed by atoms with Crippen molar-refractivity contribution in [2.45, 2.75) is 38.3 Å². The Bertz CT molecular complexity index is 1090. The number of nitrogens with one attached hydrogen (secondary N) is 2. The second kappa shape index (κ2) is 8.94. The third-order valence-electron chi connectivity index (χ3n) is 7.25. The van der Waals surface area contributed by atoms with E-state index < -0.39 is 0 Å². The maximum absolute atomic E-state index is 14.1. The van der Waals surface area contributed by atoms with Crippen LogP contribution in [0, 0.1) is 5.41 Å². The molecule has 182 valence electrons. The largest absolute Gasteiger partial charge is 0.495 e. The van der Waals surface area contributed by atoms with E-state index in [4.69, 9.17) is 32.7 Å². The number of carbonyl (C=O) groups is 1. The number of fused-ring (bicyclic) bond motifs is 1. The van der Waals surface area contributed by atoms with Crippen LogP contribution >= 0.6 is 23.2 Å². The van der Waals surface area contributed by atoms with Gasteiger partial charge in [-0.15, -0.1) is 0 Å². The number of methoxy groups -OCH3 is 2. The van der Waals surface area contributed by atoms with Gasteiger partial charge in [-0.2, -0.15) is 4.98 Å². The molecule has 1 saturated heterocycles. The molecule has 1 aromatic heterocycles. The van der Waals surface area contributed by atoms with Crippen molar-refractivity contribution in [1.82, 2.24) is 15.3 Å². The molecule has 2 fully saturated rings. The van der Waals surface area contributed by atoms with E-state index in [2.05, 4.69) is 20.6 Å². The normalized spacial score (nSPS) is 19.6. The molecular formula is C23H28Cl2N6O3. The van der Waals surface area contributed by atoms with Gasteiger partial charge in [-0.3, -0.25) is 9.80 Å². The standard InChI is InChI=1S/C23H28Cl2N6O3/c1-26-21-28-11-13-12-30(19-17(24)15(33-2)8-16(34-3)18(19)25)22(32)31(20(13)29-21)14-9-23(10-14)4-6-27-7-5-23/h8,11,14,27H,4-7,9-10,12H2,1-3H3,(H,26,28,29). The summed E-state index contributed by atoms with van der Waals surface area (Å²) < 4.78 is 10.9. The first-order valence-corrected chi connectivity index (χ1v) is 12.1. The predicted molar refractivity (Wildman–Crippen MR) is 133 cm³/mol. The summed E-state index contributed by atoms with van der Waals surface area (Å²) >= 11 is 13.4. The minimum atomic E-state index is -0.221. The molecule has 0 bridgehead atoms. The molecule has 0 radical (unpaired) electrons. The Morgan fingerprint density at radius 2 is 1.79 bits per heavy atom. The van der Waals surface area contributed by atoms with Crippen molar-refractivity contribution in [2.24, 2.45) is 5.41 Å². The van der Waals surface area contributed by atoms with Crippen LogP contribution in [0.5, 0.6) is 11.5 Å². The fraction of sp³-hybridized carbons (Fsp3) is 0.522. The Labute approximate surface area is 208 Å². The van der Waals surface area contributed by atoms with Gasteiger partial charge in [-0.1, -0.05) is 23.2 Å². The van der Waals surface area contributed by atoms with E-state index in [-0.39, 0.29) is 34.1 Å². The van der Waals surface area contributed by atoms with Gasteiger partial charge in [0.05, 0.1) is 26.5 Å². The SMILES string of the molecule is CNc1ncc2c(n1)N(C1CC3(CCNCC3)C1)C(=O)N(c1c(Cl)c(OC)cc(OC)c1Cl)C2. The lowest BCUT2D eigenvalue weighted by molar-refractivity contribution is 0.0614. The minimum absolute atomic E-state index is 0.0387. The van der Waals surface area contributed by atoms with Crippen LogP contribution < -0.4 is 29.9 Å². The Morgan fingerprint density at radius 1 is 1.15 bits per heavy atom. The van der Waals surface area contributed by atoms with Crippen LogP contribution in [0.1, 0.15) is 31.2 Å². The predicted octanol–water partition coefficient (Wildman–Crippen LogP) is 4.32. The van der Waals surface area contributed by atoms with Gasteiger partial charge in [0.25, 0.3) is 0 Å². The van der Waals surface area contributed by atoms with E-state index in [0.29, 0.717) is 29.0 Å². The van der Waals surface area contributed by atoms with Gasteiger partial charge < -0.3 is 20.1 Å². The van der Waals surface area contributed by atoms with Crippen LogP contribution in [0.25, 0.3) is 0 Å². The van der Waals surface area contributed by atoms with Crippen LogP contribution in [-0.2, 0) is 6.54 Å². The molecule has 3 heterocycles. The number of aromatic nitrogens is 2. The molecule has 1 spiro atoms. The summed E-state index contributed by atoms with van der Waals surface area (Å²) in [7, 11) is 4.79. The fourth-order valence-corrected chi connectivity index (χ4v) is 6.10. The Kier molecular flexibility index (Phi) is 6.12. The Hall–Kier alpha value is -2.49. The maximum Gasteiger partial charge on any atom is 0.330 e. The van der Waals surface area contributed by atoms with Crippen molar-refractivity contribution in [3.05, 3.63) is 27.9 Å². The van der Waals surface area contributed by atoms with Gasteiger partial charge >= 0.3 is 6.03 Å². The molecule has 1 saturated carbocycles. The molecule has 3 aliphatic rings. The minimum Gasteiger partial charge on any atom is -0.495 e. The summed E-state index contributed by atoms with van der Waals surface area (Å²) in [6, 6.07) is 1.43. The smallest absolute Gasteiger partial charge is 0.330 e. The monoisotopic (exact) mass is 506 g/mol. The van der Waals surface area contributed by atoms with Gasteiger partial charge in [0.2, 0.25) is 5.95 Å². The number of hydrogen-bond acceptors (Lipinski definition) is 7. The Balaban J connectivity index is 1.57. The first-order valence-electron chi connectivity index (χ1n) is 11.4. The van der Waals surface area contributed by atoms with Gasteiger partial charge in [0, 0.05) is 30.9 Å². The van der Waals surface area contributed by atoms with Crippen LogP contribution in [0.3, 0.4) is 0 Å². The van der Waals surface area contributed by atoms with Gasteiger partial charge in [-0.25, -0.2) is 9.78 Å². The lowest BCUT2D eigenvalue weighted by atomic mass is 9.60. The number of halogens is 2. The molecule has 2 N–H and O–H groups in total. The summed E-state index contributed by atoms with van der Waals surface area (Å²) in [6.07, 6.45) is 5.88. The highest BCUT2D eigenvalue weighted by Crippen LogP contribution is 2.53. The molecule has 2 aromatic rings. The average molecular weight is 507 g/mol. The van der Waals surface area contributed by atoms with Crippen LogP contribution in [-0.4, -0.2) is 56.4 Å². The fourth-order valence-electron chi connectivity index (χ4n) is 5.40. The second-order valence-corrected chi connectivity index (χ2v) is 9.86. The molecule has 0 unspecified atom stereocenters. The first kappa shape index (κ1) is 23.3. The number of urea groups is 1. The lowest BCUT2D eigenvalue weighted by Gasteiger charge is -2.54. The van der Waals surface area contributed by atoms with Crippen molar-refractivity contribution < 1.29 is 14.3 Å². The molecule has 1 aromatic carbocycles. The van der Waals surface area contributed by atoms with E-state index in [0.717, 1.165) is 44.3 Å². The number of hydrogen-bond donors (Lipinski definition) is 2. The van der Waals surface area contributed by atoms with Crippen molar-refractivity contribution in [1.29, 1.82) is 0 Å². The van der Waals surface area contributed by atoms with Crippen LogP contribution in [0.15, 0.2) is 12.3 Å². The molecule has 0 atom stereocenters. The molecule has 11 heteroatoms. The average Bonchev–Trinajstić information content (AvgIpc) is 2.83. The molecular weight excluding hydrogens is 479 g/mol. The lowest BCUT2D eigenvalue weighted by Crippen LogP contribution is -2.60. The highest BCUT2D eigenvalue weighted by atomic mass is 35.5. The van der Waals surface area contributed by atoms with Crippen LogP contribution in [0.2, 0.25) is 10.0 Å². The number of piperidine rings is 1. The molecule has 5 rings (SSSR count). The zero-order valence-corrected chi connectivity index (χ0v) is 21.0. The third-order valence-corrected chi connectivity index (χ3v) is 7.98. The summed E-state index contributed by atoms with van der Waals surface area (Å²) in [5, 5.41) is 6.91. The van der Waals surface area contributed by atoms with E-state index in [1.165, 1.54) is 14.2 Å². The zero-order chi connectivity index (χ0) is 24.0. The number of rotatable bonds is 5. The zero-order valence-electron chi connectivity index (χ0n) is 19.5. The molecule has 34 heavy (non-hydrogen) atoms. The topological polar surface area (TPSA) is 91.9 Å². The number of nitrogens with zero attached hydrogens (tertiary/aromatic N) is 4. The van der Waals surface area contributed by atoms with E-state index in [9.17, 15) is 4.79 Å². The van der Waals surface area contributed by atoms with E-state index in [1.807, 2.05) is 0 Å². The highest BCUT2D eigenvalue weighted by molar-refractivity contribution is 6.42. The van der Waals surface area contributed by atoms with Crippen LogP contribution in [0.4, 0.5) is 22.2 Å². The molecule has 1 aliphatic carbocycles. The van der Waals surface area contributed by atoms with Crippen molar-refractivity contribution >= 4 is 46.7 Å². The molecule has 2 aliphatic heterocycles. The highest BCUT2D eigenvalue weighted by Gasteiger charge is 2.51. The summed E-state index contributed by atoms with van der Waals surface area (Å²) in [5.41, 5.74) is 1.46. The quantitative estimate of drug-likeness (QED) is 0.623. The number of anilines is 3. The van der Waals surface area contributed by atoms with Crippen molar-refractivity contribution in [3.8, 4) is 11.5 Å². The maximum atomic E-state index is 14.1. The number of carbonyl (C=O) groups excluding carboxylic acids is 1. The number of benzene rings is 1. The van der Waals surface area contributed by atoms with Gasteiger partial charge in [0.1, 0.15) is 27.4 Å². The second-order valence-electron chi connectivity index (χ2n) is 9.10. The Morgan fingerprint density at radius 3 is 2.38 bits per heavy atom. The van der Waals surface area contributed by atoms with Gasteiger partial charge in [-0.05, 0) is 44.2 Å². The van der Waals surface area contributed by atoms with E-state index in [1.54, 1.807) is 29.1 Å². The summed E-state index contributed by atoms with van der Waals surface area (Å²) in [6.45, 7) is 2.26. The molecule has 2 amide bonds. The van der Waals surface area contributed by atoms with Gasteiger partial charge in [0.15, 0.2) is 0 Å². The van der Waals surface area contributed by atoms with E-state index >= 15 is 0 Å². The summed E-state index contributed by atoms with van der Waals surface area (Å²) in [5.74, 6) is 1.86. The third kappa shape index (κ3) is 3.70.